The van der Waals surface area contributed by atoms with Crippen LogP contribution in [0, 0.1) is 0 Å². The lowest BCUT2D eigenvalue weighted by molar-refractivity contribution is 0.610. The third kappa shape index (κ3) is 2.52. The Balaban J connectivity index is 2.35. The van der Waals surface area contributed by atoms with E-state index in [1.165, 1.54) is 12.8 Å². The first-order chi connectivity index (χ1) is 8.26. The molecule has 0 aliphatic carbocycles. The molecule has 0 bridgehead atoms. The molecule has 5 nitrogen and oxygen atoms in total. The van der Waals surface area contributed by atoms with Crippen LogP contribution in [0.2, 0.25) is 0 Å². The molecule has 2 rings (SSSR count). The van der Waals surface area contributed by atoms with Gasteiger partial charge in [0.25, 0.3) is 0 Å². The number of nitrogens with two attached hydrogens (primary N) is 1. The lowest BCUT2D eigenvalue weighted by Crippen LogP contribution is -2.02. The summed E-state index contributed by atoms with van der Waals surface area (Å²) in [6.45, 7) is 3.13. The van der Waals surface area contributed by atoms with Crippen LogP contribution < -0.4 is 5.73 Å². The zero-order chi connectivity index (χ0) is 12.3. The molecule has 2 aromatic rings. The normalized spacial score (nSPS) is 11.2. The molecule has 6 heteroatoms. The highest BCUT2D eigenvalue weighted by Crippen LogP contribution is 2.23. The summed E-state index contributed by atoms with van der Waals surface area (Å²) < 4.78 is 2.06. The third-order valence-corrected chi connectivity index (χ3v) is 3.32. The van der Waals surface area contributed by atoms with Crippen molar-refractivity contribution in [3.8, 4) is 0 Å². The van der Waals surface area contributed by atoms with Crippen LogP contribution in [0.1, 0.15) is 26.2 Å². The molecule has 0 atom stereocenters. The number of aryl methyl sites for hydroxylation is 1. The molecule has 0 radical (unpaired) electrons. The maximum atomic E-state index is 5.71. The average Bonchev–Trinajstić information content (AvgIpc) is 2.72. The van der Waals surface area contributed by atoms with Gasteiger partial charge in [-0.3, -0.25) is 0 Å². The Kier molecular flexibility index (Phi) is 3.83. The van der Waals surface area contributed by atoms with Gasteiger partial charge >= 0.3 is 0 Å². The summed E-state index contributed by atoms with van der Waals surface area (Å²) in [5.74, 6) is 0.319. The second-order valence-electron chi connectivity index (χ2n) is 3.91. The third-order valence-electron chi connectivity index (χ3n) is 2.65. The van der Waals surface area contributed by atoms with E-state index in [0.717, 1.165) is 29.2 Å². The minimum atomic E-state index is 0.319. The number of aromatic nitrogens is 4. The Labute approximate surface area is 105 Å². The second-order valence-corrected chi connectivity index (χ2v) is 4.70. The van der Waals surface area contributed by atoms with Crippen molar-refractivity contribution < 1.29 is 0 Å². The number of imidazole rings is 1. The Morgan fingerprint density at radius 3 is 2.88 bits per heavy atom. The molecule has 2 heterocycles. The molecule has 0 saturated carbocycles. The maximum absolute atomic E-state index is 5.71. The van der Waals surface area contributed by atoms with Crippen LogP contribution in [0.3, 0.4) is 0 Å². The molecular weight excluding hydrogens is 234 g/mol. The van der Waals surface area contributed by atoms with Gasteiger partial charge < -0.3 is 10.3 Å². The Morgan fingerprint density at radius 1 is 1.35 bits per heavy atom. The molecule has 0 aliphatic heterocycles. The molecule has 0 aliphatic rings. The van der Waals surface area contributed by atoms with E-state index < -0.39 is 0 Å². The lowest BCUT2D eigenvalue weighted by Gasteiger charge is -2.04. The number of fused-ring (bicyclic) bond motifs is 1. The molecular formula is C11H17N5S. The summed E-state index contributed by atoms with van der Waals surface area (Å²) in [5.41, 5.74) is 7.40. The van der Waals surface area contributed by atoms with E-state index in [-0.39, 0.29) is 0 Å². The van der Waals surface area contributed by atoms with Crippen LogP contribution in [0.4, 0.5) is 5.95 Å². The highest BCUT2D eigenvalue weighted by Gasteiger charge is 2.10. The molecule has 0 spiro atoms. The van der Waals surface area contributed by atoms with E-state index in [1.807, 2.05) is 12.6 Å². The van der Waals surface area contributed by atoms with Gasteiger partial charge in [-0.25, -0.2) is 9.97 Å². The van der Waals surface area contributed by atoms with Crippen molar-refractivity contribution in [2.45, 2.75) is 37.8 Å². The number of hydrogen-bond donors (Lipinski definition) is 1. The predicted octanol–water partition coefficient (Wildman–Crippen LogP) is 2.32. The van der Waals surface area contributed by atoms with Crippen LogP contribution in [-0.2, 0) is 6.54 Å². The first kappa shape index (κ1) is 12.2. The molecule has 2 aromatic heterocycles. The molecule has 17 heavy (non-hydrogen) atoms. The van der Waals surface area contributed by atoms with Crippen molar-refractivity contribution in [1.29, 1.82) is 0 Å². The average molecular weight is 251 g/mol. The largest absolute Gasteiger partial charge is 0.368 e. The Morgan fingerprint density at radius 2 is 2.18 bits per heavy atom. The summed E-state index contributed by atoms with van der Waals surface area (Å²) in [7, 11) is 0. The lowest BCUT2D eigenvalue weighted by atomic mass is 10.2. The van der Waals surface area contributed by atoms with Gasteiger partial charge in [-0.15, -0.1) is 11.8 Å². The number of hydrogen-bond acceptors (Lipinski definition) is 5. The van der Waals surface area contributed by atoms with Crippen molar-refractivity contribution in [2.24, 2.45) is 0 Å². The van der Waals surface area contributed by atoms with Gasteiger partial charge in [0.15, 0.2) is 5.65 Å². The number of anilines is 1. The molecule has 92 valence electrons. The molecule has 2 N–H and O–H groups in total. The number of nitrogen functional groups attached to an aromatic ring is 1. The van der Waals surface area contributed by atoms with Crippen molar-refractivity contribution in [3.05, 3.63) is 6.33 Å². The van der Waals surface area contributed by atoms with E-state index in [4.69, 9.17) is 5.73 Å². The van der Waals surface area contributed by atoms with Crippen molar-refractivity contribution in [1.82, 2.24) is 19.5 Å². The number of nitrogens with zero attached hydrogens (tertiary/aromatic N) is 4. The van der Waals surface area contributed by atoms with Crippen LogP contribution in [0.5, 0.6) is 0 Å². The summed E-state index contributed by atoms with van der Waals surface area (Å²) in [6.07, 6.45) is 7.36. The SMILES string of the molecule is CCCCCn1cnc2c(SC)nc(N)nc21. The highest BCUT2D eigenvalue weighted by atomic mass is 32.2. The van der Waals surface area contributed by atoms with Gasteiger partial charge in [0.2, 0.25) is 5.95 Å². The van der Waals surface area contributed by atoms with Crippen molar-refractivity contribution in [3.63, 3.8) is 0 Å². The second kappa shape index (κ2) is 5.35. The number of rotatable bonds is 5. The summed E-state index contributed by atoms with van der Waals surface area (Å²) in [4.78, 5) is 12.8. The molecule has 0 aromatic carbocycles. The Hall–Kier alpha value is -1.30. The fourth-order valence-electron chi connectivity index (χ4n) is 1.77. The summed E-state index contributed by atoms with van der Waals surface area (Å²) in [5, 5.41) is 0.849. The quantitative estimate of drug-likeness (QED) is 0.501. The highest BCUT2D eigenvalue weighted by molar-refractivity contribution is 7.98. The van der Waals surface area contributed by atoms with Gasteiger partial charge in [0.05, 0.1) is 6.33 Å². The van der Waals surface area contributed by atoms with Crippen LogP contribution in [0.25, 0.3) is 11.2 Å². The van der Waals surface area contributed by atoms with E-state index >= 15 is 0 Å². The molecule has 0 saturated heterocycles. The van der Waals surface area contributed by atoms with Crippen LogP contribution in [0.15, 0.2) is 11.4 Å². The van der Waals surface area contributed by atoms with E-state index in [2.05, 4.69) is 26.4 Å². The smallest absolute Gasteiger partial charge is 0.223 e. The number of unbranched alkanes of at least 4 members (excludes halogenated alkanes) is 2. The molecule has 0 unspecified atom stereocenters. The standard InChI is InChI=1S/C11H17N5S/c1-3-4-5-6-16-7-13-8-9(16)14-11(12)15-10(8)17-2/h7H,3-6H2,1-2H3,(H2,12,14,15). The molecule has 0 fully saturated rings. The Bertz CT molecular complexity index is 508. The summed E-state index contributed by atoms with van der Waals surface area (Å²) in [6, 6.07) is 0. The van der Waals surface area contributed by atoms with Crippen molar-refractivity contribution >= 4 is 28.9 Å². The monoisotopic (exact) mass is 251 g/mol. The van der Waals surface area contributed by atoms with Crippen LogP contribution >= 0.6 is 11.8 Å². The fraction of sp³-hybridized carbons (Fsp3) is 0.545. The van der Waals surface area contributed by atoms with Gasteiger partial charge in [-0.1, -0.05) is 19.8 Å². The number of thioether (sulfide) groups is 1. The van der Waals surface area contributed by atoms with Gasteiger partial charge in [0.1, 0.15) is 10.5 Å². The van der Waals surface area contributed by atoms with Crippen LogP contribution in [-0.4, -0.2) is 25.8 Å². The first-order valence-electron chi connectivity index (χ1n) is 5.78. The summed E-state index contributed by atoms with van der Waals surface area (Å²) >= 11 is 1.55. The topological polar surface area (TPSA) is 69.6 Å². The van der Waals surface area contributed by atoms with E-state index in [1.54, 1.807) is 11.8 Å². The van der Waals surface area contributed by atoms with Gasteiger partial charge in [-0.05, 0) is 12.7 Å². The zero-order valence-corrected chi connectivity index (χ0v) is 11.0. The fourth-order valence-corrected chi connectivity index (χ4v) is 2.29. The van der Waals surface area contributed by atoms with Gasteiger partial charge in [-0.2, -0.15) is 4.98 Å². The van der Waals surface area contributed by atoms with Gasteiger partial charge in [0, 0.05) is 6.54 Å². The zero-order valence-electron chi connectivity index (χ0n) is 10.2. The first-order valence-corrected chi connectivity index (χ1v) is 7.01. The van der Waals surface area contributed by atoms with E-state index in [9.17, 15) is 0 Å². The minimum absolute atomic E-state index is 0.319. The van der Waals surface area contributed by atoms with E-state index in [0.29, 0.717) is 5.95 Å². The maximum Gasteiger partial charge on any atom is 0.223 e. The minimum Gasteiger partial charge on any atom is -0.368 e. The predicted molar refractivity (Wildman–Crippen MR) is 71.0 cm³/mol. The van der Waals surface area contributed by atoms with Crippen molar-refractivity contribution in [2.75, 3.05) is 12.0 Å². The molecule has 0 amide bonds.